The summed E-state index contributed by atoms with van der Waals surface area (Å²) in [5, 5.41) is 4.31. The number of para-hydroxylation sites is 1. The fourth-order valence-corrected chi connectivity index (χ4v) is 2.66. The highest BCUT2D eigenvalue weighted by atomic mass is 32.1. The lowest BCUT2D eigenvalue weighted by atomic mass is 10.1. The standard InChI is InChI=1S/C15H17N3OS/c16-15(20)12-8-14(17-9-10-4-3-7-19-10)18-13-6-2-1-5-11(12)13/h1-2,5-6,8,10H,3-4,7,9H2,(H2,16,20)(H,17,18). The molecule has 4 nitrogen and oxygen atoms in total. The van der Waals surface area contributed by atoms with Crippen molar-refractivity contribution in [1.29, 1.82) is 0 Å². The van der Waals surface area contributed by atoms with Crippen LogP contribution in [0.15, 0.2) is 30.3 Å². The van der Waals surface area contributed by atoms with Crippen molar-refractivity contribution < 1.29 is 4.74 Å². The molecule has 0 saturated carbocycles. The molecule has 1 aromatic carbocycles. The van der Waals surface area contributed by atoms with E-state index in [9.17, 15) is 0 Å². The van der Waals surface area contributed by atoms with Gasteiger partial charge in [-0.15, -0.1) is 0 Å². The van der Waals surface area contributed by atoms with E-state index in [1.54, 1.807) is 0 Å². The average molecular weight is 287 g/mol. The van der Waals surface area contributed by atoms with Gasteiger partial charge in [0.05, 0.1) is 11.6 Å². The number of pyridine rings is 1. The molecule has 1 saturated heterocycles. The topological polar surface area (TPSA) is 60.2 Å². The van der Waals surface area contributed by atoms with E-state index < -0.39 is 0 Å². The number of nitrogens with one attached hydrogen (secondary N) is 1. The molecule has 1 aromatic heterocycles. The number of benzene rings is 1. The molecule has 1 fully saturated rings. The van der Waals surface area contributed by atoms with Gasteiger partial charge in [0.15, 0.2) is 0 Å². The fourth-order valence-electron chi connectivity index (χ4n) is 2.49. The first-order valence-electron chi connectivity index (χ1n) is 6.79. The maximum Gasteiger partial charge on any atom is 0.127 e. The van der Waals surface area contributed by atoms with Crippen LogP contribution in [-0.2, 0) is 4.74 Å². The Balaban J connectivity index is 1.88. The van der Waals surface area contributed by atoms with Gasteiger partial charge >= 0.3 is 0 Å². The molecule has 5 heteroatoms. The Kier molecular flexibility index (Phi) is 3.80. The Bertz CT molecular complexity index is 638. The summed E-state index contributed by atoms with van der Waals surface area (Å²) >= 11 is 5.14. The molecule has 3 N–H and O–H groups in total. The van der Waals surface area contributed by atoms with Gasteiger partial charge < -0.3 is 15.8 Å². The minimum Gasteiger partial charge on any atom is -0.389 e. The van der Waals surface area contributed by atoms with Gasteiger partial charge in [0, 0.05) is 24.1 Å². The van der Waals surface area contributed by atoms with Gasteiger partial charge in [0.1, 0.15) is 10.8 Å². The summed E-state index contributed by atoms with van der Waals surface area (Å²) in [6.07, 6.45) is 2.51. The quantitative estimate of drug-likeness (QED) is 0.846. The van der Waals surface area contributed by atoms with Crippen molar-refractivity contribution in [3.05, 3.63) is 35.9 Å². The highest BCUT2D eigenvalue weighted by Gasteiger charge is 2.15. The SMILES string of the molecule is NC(=S)c1cc(NCC2CCCO2)nc2ccccc12. The van der Waals surface area contributed by atoms with Crippen LogP contribution >= 0.6 is 12.2 Å². The number of ether oxygens (including phenoxy) is 1. The van der Waals surface area contributed by atoms with Gasteiger partial charge in [0.25, 0.3) is 0 Å². The molecule has 1 unspecified atom stereocenters. The van der Waals surface area contributed by atoms with Crippen LogP contribution in [0.25, 0.3) is 10.9 Å². The zero-order chi connectivity index (χ0) is 13.9. The third-order valence-corrected chi connectivity index (χ3v) is 3.74. The molecule has 1 aliphatic heterocycles. The fraction of sp³-hybridized carbons (Fsp3) is 0.333. The first kappa shape index (κ1) is 13.3. The third kappa shape index (κ3) is 2.73. The summed E-state index contributed by atoms with van der Waals surface area (Å²) in [6, 6.07) is 9.79. The molecule has 3 rings (SSSR count). The van der Waals surface area contributed by atoms with Gasteiger partial charge in [0.2, 0.25) is 0 Å². The number of thiocarbonyl (C=S) groups is 1. The van der Waals surface area contributed by atoms with Gasteiger partial charge in [-0.05, 0) is 25.0 Å². The Morgan fingerprint density at radius 2 is 2.30 bits per heavy atom. The van der Waals surface area contributed by atoms with E-state index in [1.807, 2.05) is 30.3 Å². The first-order chi connectivity index (χ1) is 9.74. The second-order valence-corrected chi connectivity index (χ2v) is 5.39. The minimum absolute atomic E-state index is 0.275. The summed E-state index contributed by atoms with van der Waals surface area (Å²) in [5.41, 5.74) is 7.58. The van der Waals surface area contributed by atoms with E-state index in [-0.39, 0.29) is 6.10 Å². The maximum atomic E-state index is 5.82. The zero-order valence-electron chi connectivity index (χ0n) is 11.1. The molecule has 0 radical (unpaired) electrons. The molecule has 0 spiro atoms. The van der Waals surface area contributed by atoms with Crippen LogP contribution in [0.1, 0.15) is 18.4 Å². The largest absolute Gasteiger partial charge is 0.389 e. The van der Waals surface area contributed by atoms with Gasteiger partial charge in [-0.25, -0.2) is 4.98 Å². The highest BCUT2D eigenvalue weighted by Crippen LogP contribution is 2.21. The Morgan fingerprint density at radius 1 is 1.45 bits per heavy atom. The second-order valence-electron chi connectivity index (χ2n) is 4.95. The van der Waals surface area contributed by atoms with Crippen LogP contribution in [-0.4, -0.2) is 29.2 Å². The Hall–Kier alpha value is -1.72. The summed E-state index contributed by atoms with van der Waals surface area (Å²) < 4.78 is 5.60. The molecule has 0 bridgehead atoms. The van der Waals surface area contributed by atoms with Crippen molar-refractivity contribution in [2.24, 2.45) is 5.73 Å². The molecule has 0 aliphatic carbocycles. The summed E-state index contributed by atoms with van der Waals surface area (Å²) in [6.45, 7) is 1.62. The third-order valence-electron chi connectivity index (χ3n) is 3.52. The predicted octanol–water partition coefficient (Wildman–Crippen LogP) is 2.46. The summed E-state index contributed by atoms with van der Waals surface area (Å²) in [7, 11) is 0. The Morgan fingerprint density at radius 3 is 3.05 bits per heavy atom. The molecular weight excluding hydrogens is 270 g/mol. The summed E-state index contributed by atoms with van der Waals surface area (Å²) in [5.74, 6) is 0.794. The van der Waals surface area contributed by atoms with E-state index in [0.29, 0.717) is 4.99 Å². The number of hydrogen-bond donors (Lipinski definition) is 2. The average Bonchev–Trinajstić information content (AvgIpc) is 2.97. The normalized spacial score (nSPS) is 18.3. The molecule has 20 heavy (non-hydrogen) atoms. The van der Waals surface area contributed by atoms with Crippen molar-refractivity contribution >= 4 is 33.9 Å². The monoisotopic (exact) mass is 287 g/mol. The van der Waals surface area contributed by atoms with E-state index in [0.717, 1.165) is 48.3 Å². The van der Waals surface area contributed by atoms with E-state index in [4.69, 9.17) is 22.7 Å². The number of nitrogens with two attached hydrogens (primary N) is 1. The molecule has 1 aliphatic rings. The molecule has 0 amide bonds. The van der Waals surface area contributed by atoms with E-state index in [1.165, 1.54) is 0 Å². The Labute approximate surface area is 123 Å². The number of nitrogens with zero attached hydrogens (tertiary/aromatic N) is 1. The molecule has 104 valence electrons. The van der Waals surface area contributed by atoms with Crippen LogP contribution < -0.4 is 11.1 Å². The lowest BCUT2D eigenvalue weighted by molar-refractivity contribution is 0.120. The molecular formula is C15H17N3OS. The van der Waals surface area contributed by atoms with Crippen molar-refractivity contribution in [3.8, 4) is 0 Å². The summed E-state index contributed by atoms with van der Waals surface area (Å²) in [4.78, 5) is 4.99. The van der Waals surface area contributed by atoms with Crippen molar-refractivity contribution in [2.75, 3.05) is 18.5 Å². The van der Waals surface area contributed by atoms with Crippen molar-refractivity contribution in [2.45, 2.75) is 18.9 Å². The highest BCUT2D eigenvalue weighted by molar-refractivity contribution is 7.80. The smallest absolute Gasteiger partial charge is 0.127 e. The number of rotatable bonds is 4. The molecule has 2 aromatic rings. The van der Waals surface area contributed by atoms with Gasteiger partial charge in [-0.2, -0.15) is 0 Å². The van der Waals surface area contributed by atoms with Crippen LogP contribution in [0.2, 0.25) is 0 Å². The molecule has 1 atom stereocenters. The van der Waals surface area contributed by atoms with Crippen molar-refractivity contribution in [3.63, 3.8) is 0 Å². The second kappa shape index (κ2) is 5.73. The lowest BCUT2D eigenvalue weighted by Gasteiger charge is -2.13. The van der Waals surface area contributed by atoms with E-state index >= 15 is 0 Å². The lowest BCUT2D eigenvalue weighted by Crippen LogP contribution is -2.19. The number of aromatic nitrogens is 1. The van der Waals surface area contributed by atoms with Crippen LogP contribution in [0.3, 0.4) is 0 Å². The van der Waals surface area contributed by atoms with E-state index in [2.05, 4.69) is 10.3 Å². The first-order valence-corrected chi connectivity index (χ1v) is 7.20. The number of fused-ring (bicyclic) bond motifs is 1. The maximum absolute atomic E-state index is 5.82. The van der Waals surface area contributed by atoms with Crippen LogP contribution in [0, 0.1) is 0 Å². The van der Waals surface area contributed by atoms with Crippen LogP contribution in [0.5, 0.6) is 0 Å². The van der Waals surface area contributed by atoms with Gasteiger partial charge in [-0.3, -0.25) is 0 Å². The molecule has 2 heterocycles. The number of hydrogen-bond acceptors (Lipinski definition) is 4. The number of anilines is 1. The predicted molar refractivity (Wildman–Crippen MR) is 85.1 cm³/mol. The van der Waals surface area contributed by atoms with Crippen molar-refractivity contribution in [1.82, 2.24) is 4.98 Å². The van der Waals surface area contributed by atoms with Crippen LogP contribution in [0.4, 0.5) is 5.82 Å². The minimum atomic E-state index is 0.275. The zero-order valence-corrected chi connectivity index (χ0v) is 12.0. The van der Waals surface area contributed by atoms with Gasteiger partial charge in [-0.1, -0.05) is 30.4 Å².